The number of alkyl halides is 6. The maximum Gasteiger partial charge on any atom is 0.317 e. The maximum absolute atomic E-state index is 19.5. The van der Waals surface area contributed by atoms with E-state index in [2.05, 4.69) is 12.6 Å². The predicted molar refractivity (Wildman–Crippen MR) is 254 cm³/mol. The minimum atomic E-state index is -2.83. The number of carbonyl (C=O) groups excluding carboxylic acids is 7. The van der Waals surface area contributed by atoms with Gasteiger partial charge in [0.2, 0.25) is 16.0 Å². The molecule has 0 radical (unpaired) electrons. The fourth-order valence-electron chi connectivity index (χ4n) is 15.9. The number of aliphatic hydroxyl groups is 1. The number of thiol groups is 1. The van der Waals surface area contributed by atoms with Gasteiger partial charge in [-0.15, -0.1) is 12.6 Å². The maximum atomic E-state index is 19.5. The van der Waals surface area contributed by atoms with E-state index >= 15 is 31.5 Å². The van der Waals surface area contributed by atoms with Crippen LogP contribution in [0.1, 0.15) is 120 Å². The number of hydrogen-bond acceptors (Lipinski definition) is 12. The standard InChI is InChI=1S/C53H64F6O11S2/c1-9-37(61)70-53(46(67)72-23-55)24(2)17-29-31-20-34(56)32-18-27(60)12-14-48(32,6)52(31,59)36(21-49(29,53)7)68-43(64)25(3)38-39-35(57)19-30-28-11-10-13-47(28,5)15-16-51(30,58)50(39,8)33(22-54)42(41(38)63)69-44(65)26(4)40(62)45(66)71/h12,14,18,24-26,28-31,34-36,40,62H,9-11,13,15-17,19-23H2,1-8H3,(H,66,71)/t24-,25?,26?,28?,29+,30+,31+,34+,35+,36+,40?,47+,48+,49+,50+,51+,52+,53+/m1/s1. The van der Waals surface area contributed by atoms with Crippen molar-refractivity contribution in [1.29, 1.82) is 0 Å². The molecule has 0 spiro atoms. The number of Topliss-reactive ketones (excluding diaryl/α,β-unsaturated/α-hetero) is 1. The van der Waals surface area contributed by atoms with Gasteiger partial charge in [0.25, 0.3) is 0 Å². The lowest BCUT2D eigenvalue weighted by Crippen LogP contribution is -2.71. The van der Waals surface area contributed by atoms with Crippen LogP contribution in [0.25, 0.3) is 0 Å². The first-order valence-corrected chi connectivity index (χ1v) is 26.5. The number of allylic oxidation sites excluding steroid dienone is 7. The van der Waals surface area contributed by atoms with Gasteiger partial charge in [0.05, 0.1) is 17.3 Å². The third-order valence-electron chi connectivity index (χ3n) is 19.7. The number of thioether (sulfide) groups is 1. The molecule has 1 N–H and O–H groups in total. The Bertz CT molecular complexity index is 2510. The lowest BCUT2D eigenvalue weighted by Gasteiger charge is -2.63. The second kappa shape index (κ2) is 18.5. The van der Waals surface area contributed by atoms with Crippen molar-refractivity contribution >= 4 is 64.1 Å². The van der Waals surface area contributed by atoms with Crippen molar-refractivity contribution in [3.05, 3.63) is 46.3 Å². The van der Waals surface area contributed by atoms with E-state index in [9.17, 15) is 33.5 Å². The lowest BCUT2D eigenvalue weighted by atomic mass is 9.44. The van der Waals surface area contributed by atoms with Crippen molar-refractivity contribution in [1.82, 2.24) is 0 Å². The normalized spacial score (nSPS) is 43.2. The lowest BCUT2D eigenvalue weighted by molar-refractivity contribution is -0.238. The molecule has 0 aromatic rings. The van der Waals surface area contributed by atoms with Crippen molar-refractivity contribution in [2.24, 2.45) is 63.1 Å². The Labute approximate surface area is 424 Å². The third-order valence-corrected chi connectivity index (χ3v) is 20.7. The van der Waals surface area contributed by atoms with E-state index in [1.807, 2.05) is 6.92 Å². The summed E-state index contributed by atoms with van der Waals surface area (Å²) in [6, 6.07) is -1.23. The smallest absolute Gasteiger partial charge is 0.317 e. The average molecular weight is 1060 g/mol. The number of esters is 3. The van der Waals surface area contributed by atoms with Crippen LogP contribution in [0.5, 0.6) is 0 Å². The number of ether oxygens (including phenoxy) is 3. The molecular weight excluding hydrogens is 991 g/mol. The van der Waals surface area contributed by atoms with Crippen LogP contribution >= 0.6 is 24.4 Å². The highest BCUT2D eigenvalue weighted by Gasteiger charge is 2.79. The molecule has 19 heteroatoms. The van der Waals surface area contributed by atoms with Gasteiger partial charge in [-0.1, -0.05) is 40.2 Å². The monoisotopic (exact) mass is 1050 g/mol. The molecule has 0 aliphatic heterocycles. The summed E-state index contributed by atoms with van der Waals surface area (Å²) >= 11 is 3.82. The molecule has 0 bridgehead atoms. The summed E-state index contributed by atoms with van der Waals surface area (Å²) in [5.41, 5.74) is -16.3. The van der Waals surface area contributed by atoms with Crippen LogP contribution in [0.3, 0.4) is 0 Å². The average Bonchev–Trinajstić information content (AvgIpc) is 3.82. The number of fused-ring (bicyclic) bond motifs is 10. The van der Waals surface area contributed by atoms with Gasteiger partial charge in [0.15, 0.2) is 22.8 Å². The van der Waals surface area contributed by atoms with Gasteiger partial charge < -0.3 is 19.3 Å². The Hall–Kier alpha value is -3.71. The minimum absolute atomic E-state index is 0.0281. The van der Waals surface area contributed by atoms with Crippen LogP contribution < -0.4 is 0 Å². The quantitative estimate of drug-likeness (QED) is 0.0824. The highest BCUT2D eigenvalue weighted by molar-refractivity contribution is 8.13. The molecule has 18 atom stereocenters. The van der Waals surface area contributed by atoms with E-state index in [1.165, 1.54) is 33.8 Å². The van der Waals surface area contributed by atoms with Gasteiger partial charge in [-0.3, -0.25) is 33.6 Å². The van der Waals surface area contributed by atoms with Gasteiger partial charge >= 0.3 is 17.9 Å². The summed E-state index contributed by atoms with van der Waals surface area (Å²) in [5.74, 6) is -15.3. The fraction of sp³-hybridized carbons (Fsp3) is 0.717. The molecule has 396 valence electrons. The molecule has 6 saturated carbocycles. The van der Waals surface area contributed by atoms with Gasteiger partial charge in [-0.25, -0.2) is 26.3 Å². The van der Waals surface area contributed by atoms with E-state index in [4.69, 9.17) is 14.2 Å². The highest BCUT2D eigenvalue weighted by atomic mass is 32.2. The van der Waals surface area contributed by atoms with Crippen molar-refractivity contribution in [2.45, 2.75) is 161 Å². The summed E-state index contributed by atoms with van der Waals surface area (Å²) in [6.45, 7) is 9.68. The second-order valence-corrected chi connectivity index (χ2v) is 24.1. The Morgan fingerprint density at radius 2 is 1.58 bits per heavy atom. The van der Waals surface area contributed by atoms with Crippen LogP contribution in [0, 0.1) is 63.1 Å². The Morgan fingerprint density at radius 3 is 2.21 bits per heavy atom. The highest BCUT2D eigenvalue weighted by Crippen LogP contribution is 2.74. The van der Waals surface area contributed by atoms with E-state index < -0.39 is 187 Å². The molecule has 0 aromatic heterocycles. The van der Waals surface area contributed by atoms with Gasteiger partial charge in [-0.05, 0) is 131 Å². The number of aliphatic hydroxyl groups excluding tert-OH is 1. The van der Waals surface area contributed by atoms with Crippen LogP contribution in [-0.4, -0.2) is 99.0 Å². The first-order chi connectivity index (χ1) is 33.6. The molecule has 6 fully saturated rings. The van der Waals surface area contributed by atoms with Crippen molar-refractivity contribution in [2.75, 3.05) is 12.7 Å². The van der Waals surface area contributed by atoms with E-state index in [0.717, 1.165) is 38.8 Å². The Morgan fingerprint density at radius 1 is 0.917 bits per heavy atom. The zero-order valence-electron chi connectivity index (χ0n) is 41.7. The molecule has 8 aliphatic carbocycles. The Kier molecular flexibility index (Phi) is 14.0. The van der Waals surface area contributed by atoms with Crippen molar-refractivity contribution < 1.29 is 79.2 Å². The largest absolute Gasteiger partial charge is 0.458 e. The molecule has 0 heterocycles. The van der Waals surface area contributed by atoms with E-state index in [-0.39, 0.29) is 47.9 Å². The van der Waals surface area contributed by atoms with E-state index in [1.54, 1.807) is 6.92 Å². The van der Waals surface area contributed by atoms with Gasteiger partial charge in [0.1, 0.15) is 42.9 Å². The zero-order chi connectivity index (χ0) is 53.2. The first kappa shape index (κ1) is 54.5. The molecule has 8 rings (SSSR count). The minimum Gasteiger partial charge on any atom is -0.458 e. The SMILES string of the molecule is CCC(=O)O[C@]1(C(=O)SCF)[C@H](C)C[C@H]2[C@@H]3C[C@H](F)C4=CC(=O)C=C[C@]4(C)[C@@]3(F)[C@@H](OC(=O)C(C)C3=C4[C@@H](F)C[C@H]5C6CCC[C@@]6(C)CC[C@@]5(F)[C@@]4(C)C(CF)=C(OC(=O)C(C)C(O)C(=O)S)C3=O)C[C@@]21C. The first-order valence-electron chi connectivity index (χ1n) is 25.0. The molecule has 0 saturated heterocycles. The molecule has 11 nitrogen and oxygen atoms in total. The zero-order valence-corrected chi connectivity index (χ0v) is 43.4. The molecule has 0 aromatic carbocycles. The molecule has 4 unspecified atom stereocenters. The number of carbonyl (C=O) groups is 7. The molecule has 8 aliphatic rings. The number of rotatable bonds is 12. The van der Waals surface area contributed by atoms with Crippen LogP contribution in [0.15, 0.2) is 46.3 Å². The molecule has 0 amide bonds. The summed E-state index contributed by atoms with van der Waals surface area (Å²) in [7, 11) is 0. The summed E-state index contributed by atoms with van der Waals surface area (Å²) in [5, 5.41) is 8.41. The van der Waals surface area contributed by atoms with Crippen LogP contribution in [0.4, 0.5) is 26.3 Å². The van der Waals surface area contributed by atoms with Crippen molar-refractivity contribution in [3.8, 4) is 0 Å². The van der Waals surface area contributed by atoms with Crippen LogP contribution in [0.2, 0.25) is 0 Å². The van der Waals surface area contributed by atoms with Crippen LogP contribution in [-0.2, 0) is 47.8 Å². The summed E-state index contributed by atoms with van der Waals surface area (Å²) < 4.78 is 121. The summed E-state index contributed by atoms with van der Waals surface area (Å²) in [4.78, 5) is 96.7. The summed E-state index contributed by atoms with van der Waals surface area (Å²) in [6.07, 6.45) is -4.86. The molecular formula is C53H64F6O11S2. The van der Waals surface area contributed by atoms with Gasteiger partial charge in [-0.2, -0.15) is 0 Å². The fourth-order valence-corrected chi connectivity index (χ4v) is 16.9. The van der Waals surface area contributed by atoms with E-state index in [0.29, 0.717) is 12.8 Å². The predicted octanol–water partition coefficient (Wildman–Crippen LogP) is 9.39. The van der Waals surface area contributed by atoms with Gasteiger partial charge in [0, 0.05) is 46.2 Å². The van der Waals surface area contributed by atoms with Crippen molar-refractivity contribution in [3.63, 3.8) is 0 Å². The third kappa shape index (κ3) is 7.33. The topological polar surface area (TPSA) is 167 Å². The number of halogens is 6. The second-order valence-electron chi connectivity index (χ2n) is 22.8. The number of hydrogen-bond donors (Lipinski definition) is 2. The Balaban J connectivity index is 1.29. The number of ketones is 2. The molecule has 72 heavy (non-hydrogen) atoms.